The number of pyridine rings is 1. The number of nitrogens with one attached hydrogen (secondary N) is 1. The van der Waals surface area contributed by atoms with Crippen molar-refractivity contribution < 1.29 is 43.6 Å². The van der Waals surface area contributed by atoms with E-state index in [1.54, 1.807) is 18.2 Å². The van der Waals surface area contributed by atoms with Crippen molar-refractivity contribution in [2.75, 3.05) is 33.9 Å². The summed E-state index contributed by atoms with van der Waals surface area (Å²) in [5.41, 5.74) is 3.36. The molecule has 11 nitrogen and oxygen atoms in total. The molecule has 292 valence electrons. The summed E-state index contributed by atoms with van der Waals surface area (Å²) in [5, 5.41) is 26.2. The summed E-state index contributed by atoms with van der Waals surface area (Å²) < 4.78 is 24.1. The second kappa shape index (κ2) is 17.4. The highest BCUT2D eigenvalue weighted by atomic mass is 35.5. The van der Waals surface area contributed by atoms with Gasteiger partial charge >= 0.3 is 6.09 Å². The summed E-state index contributed by atoms with van der Waals surface area (Å²) in [7, 11) is 3.05. The molecule has 3 saturated heterocycles. The number of amides is 1. The van der Waals surface area contributed by atoms with Crippen LogP contribution in [-0.4, -0.2) is 62.1 Å². The van der Waals surface area contributed by atoms with E-state index < -0.39 is 24.0 Å². The smallest absolute Gasteiger partial charge is 0.408 e. The Kier molecular flexibility index (Phi) is 12.2. The number of aromatic carboxylic acids is 1. The summed E-state index contributed by atoms with van der Waals surface area (Å²) in [6.07, 6.45) is 4.28. The largest absolute Gasteiger partial charge is 0.544 e. The number of hydrogen-bond donors (Lipinski definition) is 2. The fourth-order valence-electron chi connectivity index (χ4n) is 7.64. The zero-order chi connectivity index (χ0) is 39.3. The molecule has 14 heteroatoms. The van der Waals surface area contributed by atoms with Crippen molar-refractivity contribution in [3.63, 3.8) is 0 Å². The van der Waals surface area contributed by atoms with E-state index in [0.29, 0.717) is 44.7 Å². The number of benzene rings is 3. The van der Waals surface area contributed by atoms with Crippen LogP contribution in [0, 0.1) is 5.92 Å². The van der Waals surface area contributed by atoms with Gasteiger partial charge in [-0.15, -0.1) is 11.3 Å². The van der Waals surface area contributed by atoms with Gasteiger partial charge in [-0.05, 0) is 90.9 Å². The number of carboxylic acids is 1. The number of hydrogen-bond acceptors (Lipinski definition) is 10. The van der Waals surface area contributed by atoms with Gasteiger partial charge in [-0.2, -0.15) is 0 Å². The Bertz CT molecular complexity index is 2170. The van der Waals surface area contributed by atoms with E-state index in [9.17, 15) is 19.9 Å². The number of methoxy groups -OCH3 is 2. The standard InChI is InChI=1S/C42H41Cl2N3O8S/c1-52-36-12-11-27(18-37(36)53-2)31(20-33-34(43)21-47(51)22-35(33)44)32-19-30(56-40(32)41(48)49)24-54-29-10-6-9-28(17-29)39(26-7-4-3-5-8-26)45-42(50)55-38-23-46-15-13-25(38)14-16-46/h3-12,17-19,21-22,25,31,38-39H,13-16,20,23-24H2,1-2H3,(H2-,45,48,49,50,51)/t31-,38-,39-/m0/s1. The molecule has 3 aliphatic heterocycles. The first-order valence-electron chi connectivity index (χ1n) is 18.2. The topological polar surface area (TPSA) is 134 Å². The minimum absolute atomic E-state index is 0.0207. The van der Waals surface area contributed by atoms with Crippen molar-refractivity contribution in [3.8, 4) is 17.2 Å². The van der Waals surface area contributed by atoms with E-state index in [1.165, 1.54) is 26.6 Å². The third-order valence-corrected chi connectivity index (χ3v) is 12.2. The molecule has 3 aliphatic rings. The molecule has 5 aromatic rings. The van der Waals surface area contributed by atoms with Gasteiger partial charge in [-0.3, -0.25) is 10.1 Å². The summed E-state index contributed by atoms with van der Waals surface area (Å²) in [4.78, 5) is 29.0. The first-order valence-corrected chi connectivity index (χ1v) is 19.8. The summed E-state index contributed by atoms with van der Waals surface area (Å²) >= 11 is 14.2. The van der Waals surface area contributed by atoms with E-state index in [0.717, 1.165) is 59.7 Å². The molecule has 5 heterocycles. The second-order valence-corrected chi connectivity index (χ2v) is 15.9. The van der Waals surface area contributed by atoms with Gasteiger partial charge in [0.25, 0.3) is 0 Å². The molecule has 0 unspecified atom stereocenters. The average molecular weight is 819 g/mol. The number of carbonyl (C=O) groups excluding carboxylic acids is 2. The molecule has 8 rings (SSSR count). The first kappa shape index (κ1) is 39.2. The molecule has 3 fully saturated rings. The lowest BCUT2D eigenvalue weighted by molar-refractivity contribution is -0.904. The van der Waals surface area contributed by atoms with Crippen LogP contribution in [0.1, 0.15) is 67.2 Å². The summed E-state index contributed by atoms with van der Waals surface area (Å²) in [5.74, 6) is -0.0623. The zero-order valence-corrected chi connectivity index (χ0v) is 33.1. The van der Waals surface area contributed by atoms with Crippen LogP contribution in [0.2, 0.25) is 10.0 Å². The number of alkyl carbamates (subject to hydrolysis) is 1. The van der Waals surface area contributed by atoms with Crippen LogP contribution in [0.25, 0.3) is 0 Å². The van der Waals surface area contributed by atoms with Gasteiger partial charge in [-0.25, -0.2) is 4.79 Å². The van der Waals surface area contributed by atoms with Crippen molar-refractivity contribution in [2.45, 2.75) is 43.9 Å². The normalized spacial score (nSPS) is 18.5. The van der Waals surface area contributed by atoms with Crippen LogP contribution < -0.4 is 29.4 Å². The van der Waals surface area contributed by atoms with Crippen molar-refractivity contribution in [1.29, 1.82) is 0 Å². The predicted octanol–water partition coefficient (Wildman–Crippen LogP) is 6.82. The number of ether oxygens (including phenoxy) is 4. The number of thiophene rings is 1. The van der Waals surface area contributed by atoms with E-state index >= 15 is 0 Å². The number of rotatable bonds is 14. The molecular formula is C42H41Cl2N3O8S. The maximum Gasteiger partial charge on any atom is 0.408 e. The molecule has 0 radical (unpaired) electrons. The Hall–Kier alpha value is -5.01. The monoisotopic (exact) mass is 817 g/mol. The predicted molar refractivity (Wildman–Crippen MR) is 209 cm³/mol. The number of fused-ring (bicyclic) bond motifs is 3. The number of halogens is 2. The van der Waals surface area contributed by atoms with Gasteiger partial charge in [0.2, 0.25) is 12.4 Å². The fourth-order valence-corrected chi connectivity index (χ4v) is 9.21. The highest BCUT2D eigenvalue weighted by Gasteiger charge is 2.37. The van der Waals surface area contributed by atoms with Gasteiger partial charge < -0.3 is 34.2 Å². The average Bonchev–Trinajstić information content (AvgIpc) is 3.64. The van der Waals surface area contributed by atoms with Crippen molar-refractivity contribution >= 4 is 46.6 Å². The molecule has 0 saturated carbocycles. The highest BCUT2D eigenvalue weighted by molar-refractivity contribution is 7.14. The van der Waals surface area contributed by atoms with Gasteiger partial charge in [0, 0.05) is 27.6 Å². The Morgan fingerprint density at radius 2 is 1.64 bits per heavy atom. The van der Waals surface area contributed by atoms with Crippen molar-refractivity contribution in [3.05, 3.63) is 139 Å². The molecule has 2 N–H and O–H groups in total. The van der Waals surface area contributed by atoms with Crippen LogP contribution >= 0.6 is 34.5 Å². The molecule has 1 amide bonds. The van der Waals surface area contributed by atoms with Crippen molar-refractivity contribution in [2.24, 2.45) is 5.92 Å². The van der Waals surface area contributed by atoms with E-state index in [1.807, 2.05) is 60.7 Å². The van der Waals surface area contributed by atoms with Gasteiger partial charge in [0.05, 0.1) is 31.1 Å². The van der Waals surface area contributed by atoms with E-state index in [4.69, 9.17) is 42.1 Å². The molecular weight excluding hydrogens is 777 g/mol. The lowest BCUT2D eigenvalue weighted by atomic mass is 9.85. The van der Waals surface area contributed by atoms with Crippen LogP contribution in [0.5, 0.6) is 17.2 Å². The third kappa shape index (κ3) is 8.84. The number of aromatic nitrogens is 1. The minimum atomic E-state index is -1.34. The Labute approximate surface area is 338 Å². The zero-order valence-electron chi connectivity index (χ0n) is 30.8. The number of carbonyl (C=O) groups is 2. The van der Waals surface area contributed by atoms with E-state index in [2.05, 4.69) is 10.2 Å². The number of piperidine rings is 3. The highest BCUT2D eigenvalue weighted by Crippen LogP contribution is 2.41. The van der Waals surface area contributed by atoms with Gasteiger partial charge in [0.15, 0.2) is 11.5 Å². The lowest BCUT2D eigenvalue weighted by Gasteiger charge is -2.43. The van der Waals surface area contributed by atoms with Crippen molar-refractivity contribution in [1.82, 2.24) is 10.2 Å². The number of nitrogens with zero attached hydrogens (tertiary/aromatic N) is 2. The van der Waals surface area contributed by atoms with Gasteiger partial charge in [0.1, 0.15) is 28.5 Å². The molecule has 2 aromatic heterocycles. The maximum atomic E-state index is 13.3. The lowest BCUT2D eigenvalue weighted by Crippen LogP contribution is -2.52. The molecule has 0 aliphatic carbocycles. The maximum absolute atomic E-state index is 13.3. The Morgan fingerprint density at radius 1 is 0.929 bits per heavy atom. The van der Waals surface area contributed by atoms with Crippen LogP contribution in [-0.2, 0) is 17.8 Å². The number of carboxylic acid groups (broad SMARTS) is 1. The van der Waals surface area contributed by atoms with E-state index in [-0.39, 0.29) is 34.1 Å². The molecule has 2 bridgehead atoms. The summed E-state index contributed by atoms with van der Waals surface area (Å²) in [6.45, 7) is 2.91. The fraction of sp³-hybridized carbons (Fsp3) is 0.310. The second-order valence-electron chi connectivity index (χ2n) is 13.9. The SMILES string of the molecule is COc1ccc([C@H](Cc2c(Cl)c[n+](O)cc2Cl)c2cc(COc3cccc([C@@H](NC(=O)O[C@H]4CN5CCC4CC5)c4ccccc4)c3)sc2C(=O)[O-])cc1OC. The molecule has 3 atom stereocenters. The van der Waals surface area contributed by atoms with Crippen LogP contribution in [0.3, 0.4) is 0 Å². The third-order valence-electron chi connectivity index (χ3n) is 10.5. The van der Waals surface area contributed by atoms with Crippen LogP contribution in [0.15, 0.2) is 91.3 Å². The molecule has 3 aromatic carbocycles. The molecule has 56 heavy (non-hydrogen) atoms. The van der Waals surface area contributed by atoms with Gasteiger partial charge in [-0.1, -0.05) is 71.7 Å². The Morgan fingerprint density at radius 3 is 2.30 bits per heavy atom. The van der Waals surface area contributed by atoms with Crippen LogP contribution in [0.4, 0.5) is 4.79 Å². The summed E-state index contributed by atoms with van der Waals surface area (Å²) in [6, 6.07) is 23.7. The molecule has 0 spiro atoms. The minimum Gasteiger partial charge on any atom is -0.544 e. The Balaban J connectivity index is 1.15. The first-order chi connectivity index (χ1) is 27.1. The quantitative estimate of drug-likeness (QED) is 0.0915.